The van der Waals surface area contributed by atoms with Crippen LogP contribution in [0, 0.1) is 0 Å². The Labute approximate surface area is 117 Å². The van der Waals surface area contributed by atoms with Gasteiger partial charge in [0.05, 0.1) is 15.7 Å². The number of halogens is 1. The van der Waals surface area contributed by atoms with Gasteiger partial charge < -0.3 is 5.32 Å². The molecule has 2 aromatic rings. The molecule has 3 nitrogen and oxygen atoms in total. The van der Waals surface area contributed by atoms with Crippen molar-refractivity contribution in [3.05, 3.63) is 38.8 Å². The zero-order valence-corrected chi connectivity index (χ0v) is 12.5. The monoisotopic (exact) mass is 283 g/mol. The highest BCUT2D eigenvalue weighted by atomic mass is 35.5. The molecule has 0 bridgehead atoms. The molecule has 18 heavy (non-hydrogen) atoms. The molecule has 1 N–H and O–H groups in total. The summed E-state index contributed by atoms with van der Waals surface area (Å²) in [5.74, 6) is 0. The first-order valence-electron chi connectivity index (χ1n) is 6.10. The summed E-state index contributed by atoms with van der Waals surface area (Å²) in [6.07, 6.45) is 0.976. The van der Waals surface area contributed by atoms with Gasteiger partial charge in [0.1, 0.15) is 0 Å². The SMILES string of the molecule is CCc1cc(CNC(C)c2ccc(Cl)s2)n(C)n1. The molecular formula is C13H18ClN3S. The number of hydrogen-bond donors (Lipinski definition) is 1. The van der Waals surface area contributed by atoms with Crippen LogP contribution >= 0.6 is 22.9 Å². The maximum atomic E-state index is 5.95. The quantitative estimate of drug-likeness (QED) is 0.909. The van der Waals surface area contributed by atoms with Crippen molar-refractivity contribution in [3.8, 4) is 0 Å². The fourth-order valence-electron chi connectivity index (χ4n) is 1.83. The number of rotatable bonds is 5. The van der Waals surface area contributed by atoms with Gasteiger partial charge in [0, 0.05) is 24.5 Å². The Kier molecular flexibility index (Phi) is 4.43. The fraction of sp³-hybridized carbons (Fsp3) is 0.462. The lowest BCUT2D eigenvalue weighted by molar-refractivity contribution is 0.554. The molecule has 0 saturated heterocycles. The van der Waals surface area contributed by atoms with E-state index in [1.165, 1.54) is 10.6 Å². The van der Waals surface area contributed by atoms with E-state index in [4.69, 9.17) is 11.6 Å². The number of thiophene rings is 1. The lowest BCUT2D eigenvalue weighted by atomic mass is 10.2. The van der Waals surface area contributed by atoms with Crippen molar-refractivity contribution in [3.63, 3.8) is 0 Å². The standard InChI is InChI=1S/C13H18ClN3S/c1-4-10-7-11(17(3)16-10)8-15-9(2)12-5-6-13(14)18-12/h5-7,9,15H,4,8H2,1-3H3. The van der Waals surface area contributed by atoms with Gasteiger partial charge in [-0.1, -0.05) is 18.5 Å². The Morgan fingerprint density at radius 1 is 1.50 bits per heavy atom. The van der Waals surface area contributed by atoms with E-state index < -0.39 is 0 Å². The van der Waals surface area contributed by atoms with Crippen LogP contribution in [0.2, 0.25) is 4.34 Å². The second-order valence-corrected chi connectivity index (χ2v) is 6.10. The van der Waals surface area contributed by atoms with E-state index in [1.54, 1.807) is 11.3 Å². The lowest BCUT2D eigenvalue weighted by Crippen LogP contribution is -2.18. The zero-order valence-electron chi connectivity index (χ0n) is 10.9. The smallest absolute Gasteiger partial charge is 0.0931 e. The van der Waals surface area contributed by atoms with E-state index in [2.05, 4.69) is 36.4 Å². The molecule has 0 aromatic carbocycles. The molecule has 0 aliphatic carbocycles. The summed E-state index contributed by atoms with van der Waals surface area (Å²) >= 11 is 7.57. The average molecular weight is 284 g/mol. The third-order valence-electron chi connectivity index (χ3n) is 3.00. The highest BCUT2D eigenvalue weighted by molar-refractivity contribution is 7.16. The molecule has 0 radical (unpaired) electrons. The highest BCUT2D eigenvalue weighted by Crippen LogP contribution is 2.26. The molecule has 2 heterocycles. The number of hydrogen-bond acceptors (Lipinski definition) is 3. The van der Waals surface area contributed by atoms with Gasteiger partial charge in [-0.05, 0) is 31.5 Å². The van der Waals surface area contributed by atoms with E-state index in [9.17, 15) is 0 Å². The van der Waals surface area contributed by atoms with Crippen LogP contribution in [0.3, 0.4) is 0 Å². The van der Waals surface area contributed by atoms with Crippen LogP contribution in [0.4, 0.5) is 0 Å². The summed E-state index contributed by atoms with van der Waals surface area (Å²) in [6, 6.07) is 6.48. The number of aryl methyl sites for hydroxylation is 2. The molecule has 0 spiro atoms. The lowest BCUT2D eigenvalue weighted by Gasteiger charge is -2.11. The topological polar surface area (TPSA) is 29.9 Å². The minimum Gasteiger partial charge on any atom is -0.304 e. The highest BCUT2D eigenvalue weighted by Gasteiger charge is 2.09. The summed E-state index contributed by atoms with van der Waals surface area (Å²) in [5.41, 5.74) is 2.35. The summed E-state index contributed by atoms with van der Waals surface area (Å²) in [7, 11) is 1.99. The molecule has 5 heteroatoms. The average Bonchev–Trinajstić information content (AvgIpc) is 2.92. The van der Waals surface area contributed by atoms with Crippen LogP contribution in [0.5, 0.6) is 0 Å². The van der Waals surface area contributed by atoms with Gasteiger partial charge in [0.25, 0.3) is 0 Å². The molecular weight excluding hydrogens is 266 g/mol. The molecule has 0 aliphatic rings. The van der Waals surface area contributed by atoms with Gasteiger partial charge in [-0.15, -0.1) is 11.3 Å². The maximum Gasteiger partial charge on any atom is 0.0931 e. The summed E-state index contributed by atoms with van der Waals surface area (Å²) < 4.78 is 2.78. The van der Waals surface area contributed by atoms with Crippen molar-refractivity contribution in [2.45, 2.75) is 32.9 Å². The molecule has 0 amide bonds. The van der Waals surface area contributed by atoms with Crippen LogP contribution in [0.25, 0.3) is 0 Å². The van der Waals surface area contributed by atoms with E-state index in [1.807, 2.05) is 17.8 Å². The van der Waals surface area contributed by atoms with Crippen molar-refractivity contribution in [2.75, 3.05) is 0 Å². The van der Waals surface area contributed by atoms with Crippen molar-refractivity contribution < 1.29 is 0 Å². The van der Waals surface area contributed by atoms with Crippen molar-refractivity contribution >= 4 is 22.9 Å². The maximum absolute atomic E-state index is 5.95. The molecule has 1 atom stereocenters. The van der Waals surface area contributed by atoms with Crippen LogP contribution < -0.4 is 5.32 Å². The van der Waals surface area contributed by atoms with Gasteiger partial charge in [-0.3, -0.25) is 4.68 Å². The Morgan fingerprint density at radius 3 is 2.83 bits per heavy atom. The molecule has 2 rings (SSSR count). The van der Waals surface area contributed by atoms with Gasteiger partial charge in [0.2, 0.25) is 0 Å². The molecule has 0 fully saturated rings. The van der Waals surface area contributed by atoms with Crippen LogP contribution in [-0.2, 0) is 20.0 Å². The van der Waals surface area contributed by atoms with Gasteiger partial charge in [0.15, 0.2) is 0 Å². The third kappa shape index (κ3) is 3.13. The number of nitrogens with one attached hydrogen (secondary N) is 1. The van der Waals surface area contributed by atoms with Gasteiger partial charge >= 0.3 is 0 Å². The molecule has 1 unspecified atom stereocenters. The second kappa shape index (κ2) is 5.87. The zero-order chi connectivity index (χ0) is 13.1. The van der Waals surface area contributed by atoms with Crippen LogP contribution in [0.15, 0.2) is 18.2 Å². The summed E-state index contributed by atoms with van der Waals surface area (Å²) in [6.45, 7) is 5.09. The molecule has 2 aromatic heterocycles. The third-order valence-corrected chi connectivity index (χ3v) is 4.41. The van der Waals surface area contributed by atoms with E-state index in [-0.39, 0.29) is 0 Å². The minimum absolute atomic E-state index is 0.308. The predicted molar refractivity (Wildman–Crippen MR) is 77.2 cm³/mol. The first kappa shape index (κ1) is 13.6. The minimum atomic E-state index is 0.308. The largest absolute Gasteiger partial charge is 0.304 e. The summed E-state index contributed by atoms with van der Waals surface area (Å²) in [5, 5.41) is 7.94. The first-order valence-corrected chi connectivity index (χ1v) is 7.30. The normalized spacial score (nSPS) is 12.9. The van der Waals surface area contributed by atoms with Gasteiger partial charge in [-0.2, -0.15) is 5.10 Å². The van der Waals surface area contributed by atoms with Gasteiger partial charge in [-0.25, -0.2) is 0 Å². The van der Waals surface area contributed by atoms with Crippen molar-refractivity contribution in [2.24, 2.45) is 7.05 Å². The van der Waals surface area contributed by atoms with E-state index in [0.29, 0.717) is 6.04 Å². The van der Waals surface area contributed by atoms with E-state index >= 15 is 0 Å². The van der Waals surface area contributed by atoms with Crippen LogP contribution in [0.1, 0.15) is 36.2 Å². The first-order chi connectivity index (χ1) is 8.60. The number of nitrogens with zero attached hydrogens (tertiary/aromatic N) is 2. The van der Waals surface area contributed by atoms with Crippen molar-refractivity contribution in [1.82, 2.24) is 15.1 Å². The van der Waals surface area contributed by atoms with Crippen molar-refractivity contribution in [1.29, 1.82) is 0 Å². The fourth-order valence-corrected chi connectivity index (χ4v) is 2.92. The van der Waals surface area contributed by atoms with E-state index in [0.717, 1.165) is 23.0 Å². The molecule has 0 aliphatic heterocycles. The summed E-state index contributed by atoms with van der Waals surface area (Å²) in [4.78, 5) is 1.26. The number of aromatic nitrogens is 2. The Morgan fingerprint density at radius 2 is 2.28 bits per heavy atom. The Bertz CT molecular complexity index is 518. The molecule has 98 valence electrons. The second-order valence-electron chi connectivity index (χ2n) is 4.35. The Balaban J connectivity index is 1.96. The van der Waals surface area contributed by atoms with Crippen LogP contribution in [-0.4, -0.2) is 9.78 Å². The Hall–Kier alpha value is -0.840. The molecule has 0 saturated carbocycles. The predicted octanol–water partition coefficient (Wildman–Crippen LogP) is 3.55.